The van der Waals surface area contributed by atoms with Crippen LogP contribution >= 0.6 is 0 Å². The number of benzene rings is 1. The summed E-state index contributed by atoms with van der Waals surface area (Å²) >= 11 is 0. The summed E-state index contributed by atoms with van der Waals surface area (Å²) in [6.45, 7) is 14.1. The number of nitrogens with two attached hydrogens (primary N) is 1. The zero-order valence-corrected chi connectivity index (χ0v) is 24.4. The molecule has 0 saturated heterocycles. The van der Waals surface area contributed by atoms with E-state index in [9.17, 15) is 24.0 Å². The molecular weight excluding hydrogens is 504 g/mol. The Morgan fingerprint density at radius 1 is 1.00 bits per heavy atom. The van der Waals surface area contributed by atoms with Gasteiger partial charge in [0.25, 0.3) is 0 Å². The molecule has 0 spiro atoms. The summed E-state index contributed by atoms with van der Waals surface area (Å²) in [5.41, 5.74) is 4.94. The molecule has 1 aromatic carbocycles. The quantitative estimate of drug-likeness (QED) is 0.339. The number of primary amides is 1. The summed E-state index contributed by atoms with van der Waals surface area (Å²) in [6.07, 6.45) is -1.15. The molecule has 0 aliphatic carbocycles. The van der Waals surface area contributed by atoms with Crippen LogP contribution in [0.2, 0.25) is 0 Å². The van der Waals surface area contributed by atoms with Crippen molar-refractivity contribution in [1.29, 1.82) is 0 Å². The third kappa shape index (κ3) is 11.3. The SMILES string of the molecule is CCOC(=O)CCNC(=O)C(c1ccccc1C)N(C(=O)C(CCC(N)=O)NC(=O)OC(C)(C)C)C(C)(C)C. The third-order valence-corrected chi connectivity index (χ3v) is 5.55. The molecule has 2 atom stereocenters. The van der Waals surface area contributed by atoms with Crippen LogP contribution in [-0.4, -0.2) is 65.0 Å². The molecular formula is C28H44N4O7. The van der Waals surface area contributed by atoms with Crippen molar-refractivity contribution in [3.05, 3.63) is 35.4 Å². The lowest BCUT2D eigenvalue weighted by atomic mass is 9.92. The maximum atomic E-state index is 14.2. The van der Waals surface area contributed by atoms with Gasteiger partial charge in [-0.15, -0.1) is 0 Å². The van der Waals surface area contributed by atoms with Crippen molar-refractivity contribution in [2.24, 2.45) is 5.73 Å². The first-order chi connectivity index (χ1) is 18.0. The predicted octanol–water partition coefficient (Wildman–Crippen LogP) is 2.89. The molecule has 0 saturated carbocycles. The Labute approximate surface area is 231 Å². The van der Waals surface area contributed by atoms with Crippen LogP contribution in [0.5, 0.6) is 0 Å². The maximum Gasteiger partial charge on any atom is 0.408 e. The smallest absolute Gasteiger partial charge is 0.408 e. The Hall–Kier alpha value is -3.63. The number of amides is 4. The lowest BCUT2D eigenvalue weighted by Crippen LogP contribution is -2.58. The molecule has 0 fully saturated rings. The number of alkyl carbamates (subject to hydrolysis) is 1. The first kappa shape index (κ1) is 33.4. The standard InChI is InChI=1S/C28H44N4O7/c1-9-38-22(34)16-17-30-24(35)23(19-13-11-10-12-18(19)2)32(27(3,4)5)25(36)20(14-15-21(29)33)31-26(37)39-28(6,7)8/h10-13,20,23H,9,14-17H2,1-8H3,(H2,29,33)(H,30,35)(H,31,37). The largest absolute Gasteiger partial charge is 0.466 e. The van der Waals surface area contributed by atoms with Gasteiger partial charge in [-0.1, -0.05) is 24.3 Å². The number of rotatable bonds is 12. The van der Waals surface area contributed by atoms with E-state index in [2.05, 4.69) is 10.6 Å². The van der Waals surface area contributed by atoms with Crippen LogP contribution < -0.4 is 16.4 Å². The van der Waals surface area contributed by atoms with E-state index < -0.39 is 53.0 Å². The molecule has 4 amide bonds. The van der Waals surface area contributed by atoms with Crippen LogP contribution in [0.15, 0.2) is 24.3 Å². The minimum Gasteiger partial charge on any atom is -0.466 e. The minimum absolute atomic E-state index is 0.00742. The summed E-state index contributed by atoms with van der Waals surface area (Å²) in [7, 11) is 0. The number of hydrogen-bond acceptors (Lipinski definition) is 7. The van der Waals surface area contributed by atoms with Gasteiger partial charge in [-0.2, -0.15) is 0 Å². The second-order valence-corrected chi connectivity index (χ2v) is 11.2. The highest BCUT2D eigenvalue weighted by molar-refractivity contribution is 5.93. The molecule has 0 bridgehead atoms. The van der Waals surface area contributed by atoms with Crippen molar-refractivity contribution >= 4 is 29.8 Å². The lowest BCUT2D eigenvalue weighted by Gasteiger charge is -2.43. The topological polar surface area (TPSA) is 157 Å². The lowest BCUT2D eigenvalue weighted by molar-refractivity contribution is -0.149. The molecule has 0 aliphatic heterocycles. The Morgan fingerprint density at radius 3 is 2.13 bits per heavy atom. The molecule has 218 valence electrons. The van der Waals surface area contributed by atoms with Crippen LogP contribution in [0.4, 0.5) is 4.79 Å². The summed E-state index contributed by atoms with van der Waals surface area (Å²) < 4.78 is 10.3. The number of esters is 1. The number of carbonyl (C=O) groups is 5. The van der Waals surface area contributed by atoms with Crippen LogP contribution in [-0.2, 0) is 28.7 Å². The van der Waals surface area contributed by atoms with Gasteiger partial charge in [-0.25, -0.2) is 4.79 Å². The van der Waals surface area contributed by atoms with Crippen LogP contribution in [0.1, 0.15) is 84.9 Å². The van der Waals surface area contributed by atoms with E-state index in [1.807, 2.05) is 19.1 Å². The average Bonchev–Trinajstić information content (AvgIpc) is 2.78. The molecule has 1 aromatic rings. The zero-order chi connectivity index (χ0) is 30.0. The summed E-state index contributed by atoms with van der Waals surface area (Å²) in [6, 6.07) is 4.83. The van der Waals surface area contributed by atoms with Gasteiger partial charge < -0.3 is 30.7 Å². The normalized spacial score (nSPS) is 13.0. The molecule has 2 unspecified atom stereocenters. The van der Waals surface area contributed by atoms with Gasteiger partial charge in [0.2, 0.25) is 17.7 Å². The highest BCUT2D eigenvalue weighted by atomic mass is 16.6. The fourth-order valence-electron chi connectivity index (χ4n) is 3.92. The number of carbonyl (C=O) groups excluding carboxylic acids is 5. The van der Waals surface area contributed by atoms with E-state index in [1.165, 1.54) is 4.90 Å². The van der Waals surface area contributed by atoms with E-state index in [1.54, 1.807) is 60.6 Å². The first-order valence-corrected chi connectivity index (χ1v) is 13.1. The number of nitrogens with one attached hydrogen (secondary N) is 2. The fraction of sp³-hybridized carbons (Fsp3) is 0.607. The van der Waals surface area contributed by atoms with Crippen molar-refractivity contribution < 1.29 is 33.4 Å². The Morgan fingerprint density at radius 2 is 1.62 bits per heavy atom. The van der Waals surface area contributed by atoms with Crippen molar-refractivity contribution in [3.63, 3.8) is 0 Å². The Balaban J connectivity index is 3.51. The number of hydrogen-bond donors (Lipinski definition) is 3. The van der Waals surface area contributed by atoms with E-state index >= 15 is 0 Å². The van der Waals surface area contributed by atoms with E-state index in [-0.39, 0.29) is 32.4 Å². The van der Waals surface area contributed by atoms with Crippen molar-refractivity contribution in [1.82, 2.24) is 15.5 Å². The van der Waals surface area contributed by atoms with Gasteiger partial charge in [0.05, 0.1) is 13.0 Å². The predicted molar refractivity (Wildman–Crippen MR) is 146 cm³/mol. The van der Waals surface area contributed by atoms with Gasteiger partial charge in [0, 0.05) is 18.5 Å². The minimum atomic E-state index is -1.20. The number of ether oxygens (including phenoxy) is 2. The number of nitrogens with zero attached hydrogens (tertiary/aromatic N) is 1. The van der Waals surface area contributed by atoms with E-state index in [4.69, 9.17) is 15.2 Å². The second kappa shape index (κ2) is 14.5. The second-order valence-electron chi connectivity index (χ2n) is 11.2. The zero-order valence-electron chi connectivity index (χ0n) is 24.4. The van der Waals surface area contributed by atoms with E-state index in [0.29, 0.717) is 5.56 Å². The van der Waals surface area contributed by atoms with Crippen LogP contribution in [0.25, 0.3) is 0 Å². The molecule has 11 heteroatoms. The maximum absolute atomic E-state index is 14.2. The van der Waals surface area contributed by atoms with Crippen molar-refractivity contribution in [2.75, 3.05) is 13.2 Å². The molecule has 1 rings (SSSR count). The highest BCUT2D eigenvalue weighted by Gasteiger charge is 2.42. The molecule has 39 heavy (non-hydrogen) atoms. The third-order valence-electron chi connectivity index (χ3n) is 5.55. The summed E-state index contributed by atoms with van der Waals surface area (Å²) in [5.74, 6) is -2.21. The van der Waals surface area contributed by atoms with Gasteiger partial charge in [0.15, 0.2) is 0 Å². The van der Waals surface area contributed by atoms with Gasteiger partial charge in [-0.3, -0.25) is 19.2 Å². The average molecular weight is 549 g/mol. The van der Waals surface area contributed by atoms with Crippen LogP contribution in [0, 0.1) is 6.92 Å². The fourth-order valence-corrected chi connectivity index (χ4v) is 3.92. The molecule has 11 nitrogen and oxygen atoms in total. The Kier molecular flexibility index (Phi) is 12.4. The molecule has 0 heterocycles. The van der Waals surface area contributed by atoms with E-state index in [0.717, 1.165) is 5.56 Å². The van der Waals surface area contributed by atoms with Gasteiger partial charge in [0.1, 0.15) is 17.7 Å². The van der Waals surface area contributed by atoms with Crippen molar-refractivity contribution in [2.45, 2.75) is 97.9 Å². The first-order valence-electron chi connectivity index (χ1n) is 13.1. The summed E-state index contributed by atoms with van der Waals surface area (Å²) in [4.78, 5) is 65.3. The molecule has 0 aromatic heterocycles. The van der Waals surface area contributed by atoms with Crippen LogP contribution in [0.3, 0.4) is 0 Å². The Bertz CT molecular complexity index is 1030. The highest BCUT2D eigenvalue weighted by Crippen LogP contribution is 2.32. The van der Waals surface area contributed by atoms with Gasteiger partial charge in [-0.05, 0) is 72.9 Å². The van der Waals surface area contributed by atoms with Gasteiger partial charge >= 0.3 is 12.1 Å². The monoisotopic (exact) mass is 548 g/mol. The van der Waals surface area contributed by atoms with Crippen molar-refractivity contribution in [3.8, 4) is 0 Å². The summed E-state index contributed by atoms with van der Waals surface area (Å²) in [5, 5.41) is 5.31. The molecule has 0 radical (unpaired) electrons. The number of aryl methyl sites for hydroxylation is 1. The molecule has 0 aliphatic rings. The molecule has 4 N–H and O–H groups in total.